The summed E-state index contributed by atoms with van der Waals surface area (Å²) in [7, 11) is 0. The summed E-state index contributed by atoms with van der Waals surface area (Å²) in [6.45, 7) is 5.34. The van der Waals surface area contributed by atoms with E-state index >= 15 is 0 Å². The minimum Gasteiger partial charge on any atom is -0.352 e. The predicted octanol–water partition coefficient (Wildman–Crippen LogP) is 4.75. The number of carbonyl (C=O) groups is 2. The van der Waals surface area contributed by atoms with Gasteiger partial charge in [-0.05, 0) is 48.2 Å². The molecule has 0 saturated heterocycles. The standard InChI is InChI=1S/C21H23ClN2O2S/c1-14(2)8-9-23-21(26)16-6-7-19-18(11-16)24(20(25)13-27-19)12-15-4-3-5-17(22)10-15/h3-7,10-11,14H,8-9,12-13H2,1-2H3,(H,23,26). The molecule has 0 atom stereocenters. The van der Waals surface area contributed by atoms with Crippen LogP contribution >= 0.6 is 23.4 Å². The Labute approximate surface area is 169 Å². The molecule has 3 rings (SSSR count). The molecule has 0 aromatic heterocycles. The number of benzene rings is 2. The Morgan fingerprint density at radius 2 is 2.07 bits per heavy atom. The number of fused-ring (bicyclic) bond motifs is 1. The first-order valence-corrected chi connectivity index (χ1v) is 10.4. The molecule has 1 aliphatic rings. The van der Waals surface area contributed by atoms with Crippen LogP contribution in [0.25, 0.3) is 0 Å². The zero-order valence-corrected chi connectivity index (χ0v) is 17.1. The summed E-state index contributed by atoms with van der Waals surface area (Å²) in [5, 5.41) is 3.60. The van der Waals surface area contributed by atoms with Gasteiger partial charge < -0.3 is 10.2 Å². The third-order valence-corrected chi connectivity index (χ3v) is 5.68. The van der Waals surface area contributed by atoms with Crippen LogP contribution in [0.2, 0.25) is 5.02 Å². The summed E-state index contributed by atoms with van der Waals surface area (Å²) in [5.74, 6) is 0.859. The maximum atomic E-state index is 12.5. The fraction of sp³-hybridized carbons (Fsp3) is 0.333. The third kappa shape index (κ3) is 5.05. The summed E-state index contributed by atoms with van der Waals surface area (Å²) in [5.41, 5.74) is 2.32. The monoisotopic (exact) mass is 402 g/mol. The number of nitrogens with one attached hydrogen (secondary N) is 1. The van der Waals surface area contributed by atoms with Crippen molar-refractivity contribution in [1.82, 2.24) is 5.32 Å². The predicted molar refractivity (Wildman–Crippen MR) is 112 cm³/mol. The van der Waals surface area contributed by atoms with E-state index in [0.717, 1.165) is 22.6 Å². The molecule has 1 aliphatic heterocycles. The molecule has 1 N–H and O–H groups in total. The first kappa shape index (κ1) is 19.8. The highest BCUT2D eigenvalue weighted by molar-refractivity contribution is 8.00. The van der Waals surface area contributed by atoms with Crippen molar-refractivity contribution in [3.05, 3.63) is 58.6 Å². The van der Waals surface area contributed by atoms with Crippen LogP contribution in [0.5, 0.6) is 0 Å². The van der Waals surface area contributed by atoms with Gasteiger partial charge in [0, 0.05) is 22.0 Å². The van der Waals surface area contributed by atoms with Crippen molar-refractivity contribution < 1.29 is 9.59 Å². The fourth-order valence-corrected chi connectivity index (χ4v) is 4.04. The SMILES string of the molecule is CC(C)CCNC(=O)c1ccc2c(c1)N(Cc1cccc(Cl)c1)C(=O)CS2. The molecule has 2 aromatic carbocycles. The summed E-state index contributed by atoms with van der Waals surface area (Å²) in [6, 6.07) is 13.1. The van der Waals surface area contributed by atoms with Crippen molar-refractivity contribution in [1.29, 1.82) is 0 Å². The Bertz CT molecular complexity index is 854. The van der Waals surface area contributed by atoms with E-state index in [1.807, 2.05) is 42.5 Å². The highest BCUT2D eigenvalue weighted by Gasteiger charge is 2.26. The lowest BCUT2D eigenvalue weighted by atomic mass is 10.1. The van der Waals surface area contributed by atoms with Gasteiger partial charge in [0.15, 0.2) is 0 Å². The Morgan fingerprint density at radius 1 is 1.26 bits per heavy atom. The largest absolute Gasteiger partial charge is 0.352 e. The van der Waals surface area contributed by atoms with Crippen LogP contribution in [0.15, 0.2) is 47.4 Å². The molecular weight excluding hydrogens is 380 g/mol. The second-order valence-corrected chi connectivity index (χ2v) is 8.47. The number of rotatable bonds is 6. The maximum Gasteiger partial charge on any atom is 0.251 e. The van der Waals surface area contributed by atoms with Gasteiger partial charge in [0.05, 0.1) is 18.0 Å². The number of thioether (sulfide) groups is 1. The van der Waals surface area contributed by atoms with Gasteiger partial charge in [0.2, 0.25) is 5.91 Å². The zero-order chi connectivity index (χ0) is 19.4. The van der Waals surface area contributed by atoms with Gasteiger partial charge in [-0.1, -0.05) is 37.6 Å². The van der Waals surface area contributed by atoms with E-state index in [1.54, 1.807) is 4.90 Å². The van der Waals surface area contributed by atoms with E-state index < -0.39 is 0 Å². The molecule has 0 saturated carbocycles. The minimum atomic E-state index is -0.107. The molecule has 0 fully saturated rings. The molecule has 2 aromatic rings. The smallest absolute Gasteiger partial charge is 0.251 e. The van der Waals surface area contributed by atoms with Crippen molar-refractivity contribution in [3.63, 3.8) is 0 Å². The number of amides is 2. The zero-order valence-electron chi connectivity index (χ0n) is 15.5. The summed E-state index contributed by atoms with van der Waals surface area (Å²) in [6.07, 6.45) is 0.936. The van der Waals surface area contributed by atoms with Gasteiger partial charge in [0.1, 0.15) is 0 Å². The van der Waals surface area contributed by atoms with Crippen molar-refractivity contribution in [2.45, 2.75) is 31.7 Å². The lowest BCUT2D eigenvalue weighted by Crippen LogP contribution is -2.35. The highest BCUT2D eigenvalue weighted by Crippen LogP contribution is 2.37. The lowest BCUT2D eigenvalue weighted by molar-refractivity contribution is -0.116. The minimum absolute atomic E-state index is 0.0323. The van der Waals surface area contributed by atoms with Crippen molar-refractivity contribution >= 4 is 40.9 Å². The van der Waals surface area contributed by atoms with Gasteiger partial charge in [-0.3, -0.25) is 9.59 Å². The molecule has 6 heteroatoms. The van der Waals surface area contributed by atoms with E-state index in [0.29, 0.717) is 35.3 Å². The van der Waals surface area contributed by atoms with E-state index in [9.17, 15) is 9.59 Å². The number of anilines is 1. The average Bonchev–Trinajstić information content (AvgIpc) is 2.63. The van der Waals surface area contributed by atoms with Gasteiger partial charge in [0.25, 0.3) is 5.91 Å². The molecule has 1 heterocycles. The summed E-state index contributed by atoms with van der Waals surface area (Å²) < 4.78 is 0. The molecule has 0 spiro atoms. The molecule has 4 nitrogen and oxygen atoms in total. The van der Waals surface area contributed by atoms with Crippen LogP contribution < -0.4 is 10.2 Å². The van der Waals surface area contributed by atoms with E-state index in [1.165, 1.54) is 11.8 Å². The van der Waals surface area contributed by atoms with Gasteiger partial charge in [-0.2, -0.15) is 0 Å². The molecule has 0 aliphatic carbocycles. The van der Waals surface area contributed by atoms with Crippen LogP contribution in [0.4, 0.5) is 5.69 Å². The average molecular weight is 403 g/mol. The van der Waals surface area contributed by atoms with Gasteiger partial charge >= 0.3 is 0 Å². The fourth-order valence-electron chi connectivity index (χ4n) is 2.91. The second-order valence-electron chi connectivity index (χ2n) is 7.02. The summed E-state index contributed by atoms with van der Waals surface area (Å²) in [4.78, 5) is 27.8. The van der Waals surface area contributed by atoms with Crippen molar-refractivity contribution in [2.75, 3.05) is 17.2 Å². The third-order valence-electron chi connectivity index (χ3n) is 4.40. The number of halogens is 1. The van der Waals surface area contributed by atoms with E-state index in [4.69, 9.17) is 11.6 Å². The Hall–Kier alpha value is -1.98. The highest BCUT2D eigenvalue weighted by atomic mass is 35.5. The first-order valence-electron chi connectivity index (χ1n) is 9.04. The Balaban J connectivity index is 1.82. The molecule has 27 heavy (non-hydrogen) atoms. The number of hydrogen-bond donors (Lipinski definition) is 1. The van der Waals surface area contributed by atoms with Crippen LogP contribution in [0.3, 0.4) is 0 Å². The number of nitrogens with zero attached hydrogens (tertiary/aromatic N) is 1. The first-order chi connectivity index (χ1) is 12.9. The van der Waals surface area contributed by atoms with Crippen LogP contribution in [0, 0.1) is 5.92 Å². The molecule has 0 radical (unpaired) electrons. The molecular formula is C21H23ClN2O2S. The lowest BCUT2D eigenvalue weighted by Gasteiger charge is -2.29. The van der Waals surface area contributed by atoms with Gasteiger partial charge in [-0.15, -0.1) is 11.8 Å². The summed E-state index contributed by atoms with van der Waals surface area (Å²) >= 11 is 7.58. The number of carbonyl (C=O) groups excluding carboxylic acids is 2. The van der Waals surface area contributed by atoms with Crippen LogP contribution in [0.1, 0.15) is 36.2 Å². The van der Waals surface area contributed by atoms with Crippen LogP contribution in [-0.4, -0.2) is 24.1 Å². The topological polar surface area (TPSA) is 49.4 Å². The second kappa shape index (κ2) is 8.81. The van der Waals surface area contributed by atoms with Crippen LogP contribution in [-0.2, 0) is 11.3 Å². The number of hydrogen-bond acceptors (Lipinski definition) is 3. The molecule has 0 bridgehead atoms. The Morgan fingerprint density at radius 3 is 2.81 bits per heavy atom. The quantitative estimate of drug-likeness (QED) is 0.758. The van der Waals surface area contributed by atoms with Crippen molar-refractivity contribution in [2.24, 2.45) is 5.92 Å². The van der Waals surface area contributed by atoms with E-state index in [2.05, 4.69) is 19.2 Å². The molecule has 2 amide bonds. The van der Waals surface area contributed by atoms with E-state index in [-0.39, 0.29) is 11.8 Å². The maximum absolute atomic E-state index is 12.5. The molecule has 142 valence electrons. The van der Waals surface area contributed by atoms with Crippen molar-refractivity contribution in [3.8, 4) is 0 Å². The Kier molecular flexibility index (Phi) is 6.45. The van der Waals surface area contributed by atoms with Gasteiger partial charge in [-0.25, -0.2) is 0 Å². The molecule has 0 unspecified atom stereocenters. The normalized spacial score (nSPS) is 13.6.